The number of nitrogens with zero attached hydrogens (tertiary/aromatic N) is 3. The average molecular weight is 495 g/mol. The number of aromatic nitrogens is 4. The molecule has 0 bridgehead atoms. The third-order valence-corrected chi connectivity index (χ3v) is 7.00. The van der Waals surface area contributed by atoms with Crippen molar-refractivity contribution in [2.45, 2.75) is 6.54 Å². The molecule has 0 saturated heterocycles. The number of H-pyrrole nitrogens is 1. The maximum atomic E-state index is 14.0. The van der Waals surface area contributed by atoms with Crippen molar-refractivity contribution in [2.24, 2.45) is 0 Å². The van der Waals surface area contributed by atoms with Crippen LogP contribution >= 0.6 is 0 Å². The first-order valence-corrected chi connectivity index (χ1v) is 12.4. The van der Waals surface area contributed by atoms with Crippen molar-refractivity contribution in [1.82, 2.24) is 19.3 Å². The summed E-state index contributed by atoms with van der Waals surface area (Å²) in [6.07, 6.45) is 0. The summed E-state index contributed by atoms with van der Waals surface area (Å²) in [6.45, 7) is -0.155. The molecular formula is C32H22N4O2. The lowest BCUT2D eigenvalue weighted by atomic mass is 10.1. The minimum Gasteiger partial charge on any atom is -0.353 e. The minimum atomic E-state index is -0.296. The topological polar surface area (TPSA) is 72.7 Å². The van der Waals surface area contributed by atoms with Crippen LogP contribution in [0.1, 0.15) is 4.79 Å². The van der Waals surface area contributed by atoms with Crippen LogP contribution in [0, 0.1) is 0 Å². The molecule has 38 heavy (non-hydrogen) atoms. The van der Waals surface area contributed by atoms with Gasteiger partial charge in [0.1, 0.15) is 6.54 Å². The van der Waals surface area contributed by atoms with E-state index in [1.807, 2.05) is 109 Å². The van der Waals surface area contributed by atoms with Gasteiger partial charge in [0, 0.05) is 32.8 Å². The summed E-state index contributed by atoms with van der Waals surface area (Å²) < 4.78 is 3.01. The van der Waals surface area contributed by atoms with E-state index < -0.39 is 0 Å². The number of rotatable bonds is 4. The second-order valence-corrected chi connectivity index (χ2v) is 9.28. The highest BCUT2D eigenvalue weighted by atomic mass is 16.2. The molecule has 0 aliphatic carbocycles. The number of para-hydroxylation sites is 1. The van der Waals surface area contributed by atoms with Crippen molar-refractivity contribution in [1.29, 1.82) is 0 Å². The molecule has 6 nitrogen and oxygen atoms in total. The fourth-order valence-electron chi connectivity index (χ4n) is 5.23. The van der Waals surface area contributed by atoms with E-state index in [2.05, 4.69) is 4.98 Å². The van der Waals surface area contributed by atoms with Gasteiger partial charge in [0.05, 0.1) is 22.4 Å². The average Bonchev–Trinajstić information content (AvgIpc) is 3.59. The van der Waals surface area contributed by atoms with Crippen LogP contribution in [0.15, 0.2) is 120 Å². The Hall–Kier alpha value is -5.23. The van der Waals surface area contributed by atoms with Crippen LogP contribution in [0.3, 0.4) is 0 Å². The Kier molecular flexibility index (Phi) is 5.04. The van der Waals surface area contributed by atoms with Gasteiger partial charge in [-0.1, -0.05) is 97.1 Å². The van der Waals surface area contributed by atoms with Crippen LogP contribution in [0.4, 0.5) is 0 Å². The summed E-state index contributed by atoms with van der Waals surface area (Å²) >= 11 is 0. The second kappa shape index (κ2) is 8.71. The first-order valence-electron chi connectivity index (χ1n) is 12.4. The zero-order chi connectivity index (χ0) is 25.6. The Balaban J connectivity index is 1.43. The van der Waals surface area contributed by atoms with Gasteiger partial charge in [-0.15, -0.1) is 0 Å². The summed E-state index contributed by atoms with van der Waals surface area (Å²) in [5.74, 6) is -0.296. The van der Waals surface area contributed by atoms with Crippen molar-refractivity contribution >= 4 is 38.6 Å². The molecule has 182 valence electrons. The third kappa shape index (κ3) is 3.46. The lowest BCUT2D eigenvalue weighted by Gasteiger charge is -2.12. The summed E-state index contributed by atoms with van der Waals surface area (Å²) in [4.78, 5) is 31.2. The molecule has 0 spiro atoms. The van der Waals surface area contributed by atoms with E-state index in [0.717, 1.165) is 32.9 Å². The largest absolute Gasteiger partial charge is 0.353 e. The van der Waals surface area contributed by atoms with Gasteiger partial charge in [0.2, 0.25) is 0 Å². The molecule has 0 unspecified atom stereocenters. The predicted molar refractivity (Wildman–Crippen MR) is 151 cm³/mol. The van der Waals surface area contributed by atoms with Crippen molar-refractivity contribution in [2.75, 3.05) is 0 Å². The van der Waals surface area contributed by atoms with Crippen LogP contribution in [-0.2, 0) is 6.54 Å². The fraction of sp³-hybridized carbons (Fsp3) is 0.0312. The number of benzene rings is 4. The van der Waals surface area contributed by atoms with Crippen LogP contribution in [0.5, 0.6) is 0 Å². The van der Waals surface area contributed by atoms with E-state index in [-0.39, 0.29) is 18.0 Å². The highest BCUT2D eigenvalue weighted by Crippen LogP contribution is 2.30. The first kappa shape index (κ1) is 22.0. The quantitative estimate of drug-likeness (QED) is 0.303. The van der Waals surface area contributed by atoms with Gasteiger partial charge in [0.25, 0.3) is 11.5 Å². The van der Waals surface area contributed by atoms with E-state index in [1.54, 1.807) is 10.6 Å². The van der Waals surface area contributed by atoms with Crippen LogP contribution in [0.2, 0.25) is 0 Å². The number of aromatic amines is 1. The van der Waals surface area contributed by atoms with Gasteiger partial charge in [-0.25, -0.2) is 0 Å². The Labute approximate surface area is 217 Å². The maximum Gasteiger partial charge on any atom is 0.267 e. The summed E-state index contributed by atoms with van der Waals surface area (Å²) in [7, 11) is 0. The highest BCUT2D eigenvalue weighted by Gasteiger charge is 2.21. The van der Waals surface area contributed by atoms with Crippen LogP contribution in [0.25, 0.3) is 55.2 Å². The fourth-order valence-corrected chi connectivity index (χ4v) is 5.23. The molecule has 7 rings (SSSR count). The molecule has 1 N–H and O–H groups in total. The number of pyridine rings is 1. The van der Waals surface area contributed by atoms with Gasteiger partial charge >= 0.3 is 0 Å². The Morgan fingerprint density at radius 1 is 0.711 bits per heavy atom. The van der Waals surface area contributed by atoms with Gasteiger partial charge in [-0.3, -0.25) is 14.2 Å². The molecule has 0 aliphatic heterocycles. The molecule has 7 aromatic rings. The molecule has 3 aromatic heterocycles. The van der Waals surface area contributed by atoms with E-state index in [0.29, 0.717) is 22.3 Å². The molecule has 4 aromatic carbocycles. The molecule has 0 atom stereocenters. The number of fused-ring (bicyclic) bond motifs is 5. The first-order chi connectivity index (χ1) is 18.7. The highest BCUT2D eigenvalue weighted by molar-refractivity contribution is 6.15. The molecule has 0 fully saturated rings. The summed E-state index contributed by atoms with van der Waals surface area (Å²) in [5, 5.41) is 7.01. The summed E-state index contributed by atoms with van der Waals surface area (Å²) in [6, 6.07) is 36.8. The SMILES string of the molecule is O=C(Cn1c(=O)c2ccccc2c2[nH]c3ccccc3c21)n1nc(-c2ccccc2)cc1-c1ccccc1. The van der Waals surface area contributed by atoms with Gasteiger partial charge in [0.15, 0.2) is 0 Å². The molecule has 0 amide bonds. The third-order valence-electron chi connectivity index (χ3n) is 7.00. The van der Waals surface area contributed by atoms with Gasteiger partial charge in [-0.2, -0.15) is 9.78 Å². The number of nitrogens with one attached hydrogen (secondary N) is 1. The standard InChI is InChI=1S/C32H22N4O2/c37-29(36-28(22-13-5-2-6-14-22)19-27(34-36)21-11-3-1-4-12-21)20-35-31-25-17-9-10-18-26(25)33-30(31)23-15-7-8-16-24(23)32(35)38/h1-19,33H,20H2. The lowest BCUT2D eigenvalue weighted by Crippen LogP contribution is -2.28. The number of hydrogen-bond donors (Lipinski definition) is 1. The Morgan fingerprint density at radius 2 is 1.32 bits per heavy atom. The minimum absolute atomic E-state index is 0.155. The second-order valence-electron chi connectivity index (χ2n) is 9.28. The zero-order valence-electron chi connectivity index (χ0n) is 20.3. The molecule has 0 saturated carbocycles. The van der Waals surface area contributed by atoms with Crippen molar-refractivity contribution < 1.29 is 4.79 Å². The normalized spacial score (nSPS) is 11.5. The molecule has 3 heterocycles. The van der Waals surface area contributed by atoms with E-state index >= 15 is 0 Å². The van der Waals surface area contributed by atoms with Crippen molar-refractivity contribution in [3.63, 3.8) is 0 Å². The van der Waals surface area contributed by atoms with Crippen LogP contribution < -0.4 is 5.56 Å². The van der Waals surface area contributed by atoms with Crippen molar-refractivity contribution in [3.05, 3.63) is 126 Å². The Bertz CT molecular complexity index is 2030. The van der Waals surface area contributed by atoms with E-state index in [4.69, 9.17) is 5.10 Å². The maximum absolute atomic E-state index is 14.0. The predicted octanol–water partition coefficient (Wildman–Crippen LogP) is 6.51. The zero-order valence-corrected chi connectivity index (χ0v) is 20.3. The number of carbonyl (C=O) groups excluding carboxylic acids is 1. The monoisotopic (exact) mass is 494 g/mol. The molecular weight excluding hydrogens is 472 g/mol. The molecule has 6 heteroatoms. The lowest BCUT2D eigenvalue weighted by molar-refractivity contribution is 0.0878. The smallest absolute Gasteiger partial charge is 0.267 e. The summed E-state index contributed by atoms with van der Waals surface area (Å²) in [5.41, 5.74) is 5.42. The van der Waals surface area contributed by atoms with Crippen LogP contribution in [-0.4, -0.2) is 25.2 Å². The molecule has 0 aliphatic rings. The molecule has 0 radical (unpaired) electrons. The number of carbonyl (C=O) groups is 1. The van der Waals surface area contributed by atoms with Gasteiger partial charge < -0.3 is 4.98 Å². The Morgan fingerprint density at radius 3 is 2.05 bits per heavy atom. The van der Waals surface area contributed by atoms with E-state index in [9.17, 15) is 9.59 Å². The number of hydrogen-bond acceptors (Lipinski definition) is 3. The van der Waals surface area contributed by atoms with E-state index in [1.165, 1.54) is 4.68 Å². The van der Waals surface area contributed by atoms with Crippen molar-refractivity contribution in [3.8, 4) is 22.5 Å². The van der Waals surface area contributed by atoms with Gasteiger partial charge in [-0.05, 0) is 18.2 Å².